The molecule has 1 heterocycles. The van der Waals surface area contributed by atoms with Crippen molar-refractivity contribution in [3.05, 3.63) is 11.6 Å². The first-order chi connectivity index (χ1) is 8.46. The fourth-order valence-corrected chi connectivity index (χ4v) is 4.48. The van der Waals surface area contributed by atoms with E-state index in [0.29, 0.717) is 10.2 Å². The highest BCUT2D eigenvalue weighted by Crippen LogP contribution is 2.41. The molecule has 1 aliphatic heterocycles. The van der Waals surface area contributed by atoms with E-state index >= 15 is 0 Å². The summed E-state index contributed by atoms with van der Waals surface area (Å²) in [5, 5.41) is 0. The number of thioether (sulfide) groups is 1. The van der Waals surface area contributed by atoms with Gasteiger partial charge in [-0.2, -0.15) is 0 Å². The molecule has 0 aromatic heterocycles. The van der Waals surface area contributed by atoms with Gasteiger partial charge >= 0.3 is 0 Å². The molecule has 0 amide bonds. The summed E-state index contributed by atoms with van der Waals surface area (Å²) in [6.45, 7) is 10.3. The Morgan fingerprint density at radius 2 is 2.28 bits per heavy atom. The fraction of sp³-hybridized carbons (Fsp3) is 0.875. The van der Waals surface area contributed by atoms with Crippen LogP contribution in [0.25, 0.3) is 0 Å². The summed E-state index contributed by atoms with van der Waals surface area (Å²) in [4.78, 5) is 0. The van der Waals surface area contributed by atoms with Crippen LogP contribution in [0, 0.1) is 11.8 Å². The maximum absolute atomic E-state index is 5.94. The van der Waals surface area contributed by atoms with E-state index in [4.69, 9.17) is 4.74 Å². The predicted molar refractivity (Wildman–Crippen MR) is 80.9 cm³/mol. The minimum Gasteiger partial charge on any atom is -0.368 e. The number of hydrogen-bond donors (Lipinski definition) is 0. The molecule has 1 nitrogen and oxygen atoms in total. The van der Waals surface area contributed by atoms with E-state index < -0.39 is 0 Å². The summed E-state index contributed by atoms with van der Waals surface area (Å²) < 4.78 is 6.35. The van der Waals surface area contributed by atoms with Crippen LogP contribution in [0.2, 0.25) is 0 Å². The number of allylic oxidation sites excluding steroid dienone is 2. The Labute approximate surface area is 117 Å². The molecule has 0 bridgehead atoms. The number of hydrogen-bond acceptors (Lipinski definition) is 2. The van der Waals surface area contributed by atoms with Crippen molar-refractivity contribution in [2.24, 2.45) is 11.8 Å². The first-order valence-electron chi connectivity index (χ1n) is 7.41. The molecule has 3 unspecified atom stereocenters. The molecule has 0 N–H and O–H groups in total. The van der Waals surface area contributed by atoms with Crippen LogP contribution in [0.4, 0.5) is 0 Å². The Morgan fingerprint density at radius 3 is 2.89 bits per heavy atom. The van der Waals surface area contributed by atoms with Gasteiger partial charge in [0.05, 0.1) is 0 Å². The van der Waals surface area contributed by atoms with E-state index in [1.54, 1.807) is 5.57 Å². The molecule has 18 heavy (non-hydrogen) atoms. The average Bonchev–Trinajstić information content (AvgIpc) is 2.28. The van der Waals surface area contributed by atoms with Gasteiger partial charge in [-0.25, -0.2) is 0 Å². The van der Waals surface area contributed by atoms with Gasteiger partial charge in [0, 0.05) is 11.4 Å². The van der Waals surface area contributed by atoms with Crippen molar-refractivity contribution >= 4 is 11.8 Å². The monoisotopic (exact) mass is 268 g/mol. The zero-order valence-corrected chi connectivity index (χ0v) is 13.2. The first-order valence-corrected chi connectivity index (χ1v) is 8.29. The second-order valence-electron chi connectivity index (χ2n) is 6.73. The normalized spacial score (nSPS) is 33.9. The topological polar surface area (TPSA) is 9.23 Å². The molecule has 2 aliphatic rings. The van der Waals surface area contributed by atoms with Crippen molar-refractivity contribution < 1.29 is 4.74 Å². The van der Waals surface area contributed by atoms with Gasteiger partial charge < -0.3 is 4.74 Å². The molecule has 1 fully saturated rings. The highest BCUT2D eigenvalue weighted by atomic mass is 32.2. The van der Waals surface area contributed by atoms with Crippen molar-refractivity contribution in [1.82, 2.24) is 0 Å². The third kappa shape index (κ3) is 4.03. The summed E-state index contributed by atoms with van der Waals surface area (Å²) >= 11 is 2.04. The van der Waals surface area contributed by atoms with Gasteiger partial charge in [-0.3, -0.25) is 0 Å². The molecule has 0 aromatic rings. The van der Waals surface area contributed by atoms with Crippen LogP contribution in [0.5, 0.6) is 0 Å². The Bertz CT molecular complexity index is 308. The van der Waals surface area contributed by atoms with Crippen LogP contribution in [0.3, 0.4) is 0 Å². The van der Waals surface area contributed by atoms with Crippen LogP contribution in [0.1, 0.15) is 59.8 Å². The molecule has 2 heteroatoms. The van der Waals surface area contributed by atoms with Crippen molar-refractivity contribution in [2.75, 3.05) is 6.61 Å². The fourth-order valence-electron chi connectivity index (χ4n) is 3.00. The highest BCUT2D eigenvalue weighted by molar-refractivity contribution is 8.01. The highest BCUT2D eigenvalue weighted by Gasteiger charge is 2.31. The van der Waals surface area contributed by atoms with E-state index in [9.17, 15) is 0 Å². The van der Waals surface area contributed by atoms with E-state index in [0.717, 1.165) is 18.4 Å². The third-order valence-corrected chi connectivity index (χ3v) is 5.94. The summed E-state index contributed by atoms with van der Waals surface area (Å²) in [7, 11) is 0. The predicted octanol–water partition coefficient (Wildman–Crippen LogP) is 5.02. The molecule has 0 radical (unpaired) electrons. The lowest BCUT2D eigenvalue weighted by molar-refractivity contribution is 0.0704. The largest absolute Gasteiger partial charge is 0.368 e. The lowest BCUT2D eigenvalue weighted by atomic mass is 9.80. The Balaban J connectivity index is 1.82. The maximum atomic E-state index is 5.94. The van der Waals surface area contributed by atoms with E-state index in [1.165, 1.54) is 32.1 Å². The number of ether oxygens (including phenoxy) is 1. The van der Waals surface area contributed by atoms with Gasteiger partial charge in [0.1, 0.15) is 5.44 Å². The van der Waals surface area contributed by atoms with Gasteiger partial charge in [0.25, 0.3) is 0 Å². The maximum Gasteiger partial charge on any atom is 0.103 e. The summed E-state index contributed by atoms with van der Waals surface area (Å²) in [6.07, 6.45) is 8.83. The van der Waals surface area contributed by atoms with Crippen molar-refractivity contribution in [3.63, 3.8) is 0 Å². The zero-order chi connectivity index (χ0) is 13.2. The molecule has 0 aromatic carbocycles. The Kier molecular flexibility index (Phi) is 4.82. The van der Waals surface area contributed by atoms with Gasteiger partial charge in [-0.1, -0.05) is 32.4 Å². The molecule has 0 spiro atoms. The quantitative estimate of drug-likeness (QED) is 0.665. The molecule has 104 valence electrons. The van der Waals surface area contributed by atoms with Gasteiger partial charge in [-0.15, -0.1) is 11.8 Å². The zero-order valence-electron chi connectivity index (χ0n) is 12.4. The van der Waals surface area contributed by atoms with Crippen molar-refractivity contribution in [3.8, 4) is 0 Å². The van der Waals surface area contributed by atoms with Crippen molar-refractivity contribution in [1.29, 1.82) is 0 Å². The first kappa shape index (κ1) is 14.5. The SMILES string of the molecule is CC1=CCC(C(C)CC2OCCC(C)(C)S2)CC1. The van der Waals surface area contributed by atoms with Gasteiger partial charge in [0.2, 0.25) is 0 Å². The van der Waals surface area contributed by atoms with Crippen LogP contribution in [0.15, 0.2) is 11.6 Å². The smallest absolute Gasteiger partial charge is 0.103 e. The van der Waals surface area contributed by atoms with Crippen molar-refractivity contribution in [2.45, 2.75) is 70.0 Å². The molecule has 1 saturated heterocycles. The molecule has 1 aliphatic carbocycles. The van der Waals surface area contributed by atoms with Crippen LogP contribution in [-0.4, -0.2) is 16.8 Å². The summed E-state index contributed by atoms with van der Waals surface area (Å²) in [5.41, 5.74) is 2.01. The summed E-state index contributed by atoms with van der Waals surface area (Å²) in [6, 6.07) is 0. The molecule has 0 saturated carbocycles. The Morgan fingerprint density at radius 1 is 1.50 bits per heavy atom. The second-order valence-corrected chi connectivity index (χ2v) is 8.59. The Hall–Kier alpha value is 0.0500. The number of rotatable bonds is 3. The molecular weight excluding hydrogens is 240 g/mol. The minimum absolute atomic E-state index is 0.408. The lowest BCUT2D eigenvalue weighted by Crippen LogP contribution is -2.32. The minimum atomic E-state index is 0.408. The standard InChI is InChI=1S/C16H28OS/c1-12-5-7-14(8-6-12)13(2)11-15-17-10-9-16(3,4)18-15/h5,13-15H,6-11H2,1-4H3. The van der Waals surface area contributed by atoms with E-state index in [1.807, 2.05) is 11.8 Å². The molecular formula is C16H28OS. The molecule has 3 atom stereocenters. The van der Waals surface area contributed by atoms with E-state index in [-0.39, 0.29) is 0 Å². The lowest BCUT2D eigenvalue weighted by Gasteiger charge is -2.37. The van der Waals surface area contributed by atoms with Crippen LogP contribution >= 0.6 is 11.8 Å². The molecule has 2 rings (SSSR count). The third-order valence-electron chi connectivity index (χ3n) is 4.51. The summed E-state index contributed by atoms with van der Waals surface area (Å²) in [5.74, 6) is 1.67. The van der Waals surface area contributed by atoms with Crippen LogP contribution in [-0.2, 0) is 4.74 Å². The van der Waals surface area contributed by atoms with Gasteiger partial charge in [-0.05, 0) is 50.9 Å². The van der Waals surface area contributed by atoms with E-state index in [2.05, 4.69) is 33.8 Å². The second kappa shape index (κ2) is 6.00. The average molecular weight is 268 g/mol. The van der Waals surface area contributed by atoms with Crippen LogP contribution < -0.4 is 0 Å². The van der Waals surface area contributed by atoms with Gasteiger partial charge in [0.15, 0.2) is 0 Å².